The number of pyridine rings is 1. The number of benzene rings is 1. The molecule has 1 amide bonds. The van der Waals surface area contributed by atoms with Crippen LogP contribution in [0.2, 0.25) is 0 Å². The van der Waals surface area contributed by atoms with Crippen LogP contribution in [0.25, 0.3) is 0 Å². The van der Waals surface area contributed by atoms with E-state index in [1.807, 2.05) is 0 Å². The van der Waals surface area contributed by atoms with Crippen molar-refractivity contribution in [2.24, 2.45) is 0 Å². The smallest absolute Gasteiger partial charge is 0.266 e. The summed E-state index contributed by atoms with van der Waals surface area (Å²) in [5.74, 6) is -1.75. The van der Waals surface area contributed by atoms with Crippen LogP contribution in [0.5, 0.6) is 5.75 Å². The SMILES string of the molecule is Cc1[nH]c(=O)c(Br)c(OCc2ccc(F)cc2F)c1Cc1cnc(CNC(=O)CO)cn1. The van der Waals surface area contributed by atoms with E-state index in [1.165, 1.54) is 18.5 Å². The fourth-order valence-corrected chi connectivity index (χ4v) is 3.30. The van der Waals surface area contributed by atoms with E-state index < -0.39 is 29.7 Å². The highest BCUT2D eigenvalue weighted by atomic mass is 79.9. The van der Waals surface area contributed by atoms with Gasteiger partial charge in [-0.05, 0) is 35.0 Å². The lowest BCUT2D eigenvalue weighted by molar-refractivity contribution is -0.124. The Morgan fingerprint density at radius 3 is 2.62 bits per heavy atom. The molecule has 0 spiro atoms. The third-order valence-electron chi connectivity index (χ3n) is 4.54. The minimum atomic E-state index is -0.751. The van der Waals surface area contributed by atoms with Gasteiger partial charge >= 0.3 is 0 Å². The van der Waals surface area contributed by atoms with Crippen LogP contribution in [0.1, 0.15) is 28.2 Å². The van der Waals surface area contributed by atoms with Gasteiger partial charge < -0.3 is 20.1 Å². The lowest BCUT2D eigenvalue weighted by atomic mass is 10.1. The van der Waals surface area contributed by atoms with Gasteiger partial charge in [0, 0.05) is 35.5 Å². The minimum absolute atomic E-state index is 0.119. The molecule has 32 heavy (non-hydrogen) atoms. The van der Waals surface area contributed by atoms with Gasteiger partial charge in [-0.25, -0.2) is 8.78 Å². The summed E-state index contributed by atoms with van der Waals surface area (Å²) in [6.07, 6.45) is 3.25. The number of nitrogens with zero attached hydrogens (tertiary/aromatic N) is 2. The van der Waals surface area contributed by atoms with Gasteiger partial charge in [0.1, 0.15) is 35.1 Å². The van der Waals surface area contributed by atoms with Gasteiger partial charge in [-0.2, -0.15) is 0 Å². The van der Waals surface area contributed by atoms with E-state index in [-0.39, 0.29) is 35.4 Å². The van der Waals surface area contributed by atoms with Crippen molar-refractivity contribution < 1.29 is 23.4 Å². The van der Waals surface area contributed by atoms with Gasteiger partial charge in [0.2, 0.25) is 5.91 Å². The molecule has 3 rings (SSSR count). The zero-order valence-corrected chi connectivity index (χ0v) is 18.5. The molecule has 0 fully saturated rings. The molecule has 0 aliphatic carbocycles. The van der Waals surface area contributed by atoms with Gasteiger partial charge in [-0.15, -0.1) is 0 Å². The summed E-state index contributed by atoms with van der Waals surface area (Å²) in [7, 11) is 0. The Hall–Kier alpha value is -3.18. The number of carbonyl (C=O) groups excluding carboxylic acids is 1. The molecule has 8 nitrogen and oxygen atoms in total. The largest absolute Gasteiger partial charge is 0.487 e. The monoisotopic (exact) mass is 508 g/mol. The van der Waals surface area contributed by atoms with Crippen LogP contribution < -0.4 is 15.6 Å². The second kappa shape index (κ2) is 10.4. The van der Waals surface area contributed by atoms with Crippen molar-refractivity contribution in [2.75, 3.05) is 6.61 Å². The van der Waals surface area contributed by atoms with Crippen LogP contribution >= 0.6 is 15.9 Å². The molecule has 0 unspecified atom stereocenters. The number of amides is 1. The third-order valence-corrected chi connectivity index (χ3v) is 5.26. The second-order valence-corrected chi connectivity index (χ2v) is 7.63. The summed E-state index contributed by atoms with van der Waals surface area (Å²) in [5.41, 5.74) is 1.92. The Labute approximate surface area is 189 Å². The molecule has 3 N–H and O–H groups in total. The first-order valence-corrected chi connectivity index (χ1v) is 10.2. The number of hydrogen-bond acceptors (Lipinski definition) is 6. The van der Waals surface area contributed by atoms with E-state index in [0.29, 0.717) is 22.6 Å². The number of halogens is 3. The number of H-pyrrole nitrogens is 1. The van der Waals surface area contributed by atoms with Crippen LogP contribution in [0.15, 0.2) is 39.9 Å². The Kier molecular flexibility index (Phi) is 7.65. The Morgan fingerprint density at radius 2 is 1.97 bits per heavy atom. The average molecular weight is 509 g/mol. The normalized spacial score (nSPS) is 10.8. The molecule has 0 radical (unpaired) electrons. The summed E-state index contributed by atoms with van der Waals surface area (Å²) in [6, 6.07) is 3.16. The average Bonchev–Trinajstić information content (AvgIpc) is 2.77. The summed E-state index contributed by atoms with van der Waals surface area (Å²) in [6.45, 7) is 0.987. The highest BCUT2D eigenvalue weighted by Crippen LogP contribution is 2.30. The second-order valence-electron chi connectivity index (χ2n) is 6.84. The predicted molar refractivity (Wildman–Crippen MR) is 114 cm³/mol. The van der Waals surface area contributed by atoms with E-state index in [1.54, 1.807) is 6.92 Å². The van der Waals surface area contributed by atoms with Gasteiger partial charge in [0.05, 0.1) is 24.1 Å². The number of ether oxygens (including phenoxy) is 1. The summed E-state index contributed by atoms with van der Waals surface area (Å²) >= 11 is 3.22. The number of aliphatic hydroxyl groups is 1. The molecule has 2 aromatic heterocycles. The quantitative estimate of drug-likeness (QED) is 0.429. The first-order valence-electron chi connectivity index (χ1n) is 9.43. The highest BCUT2D eigenvalue weighted by Gasteiger charge is 2.18. The van der Waals surface area contributed by atoms with Crippen LogP contribution in [0.3, 0.4) is 0 Å². The lowest BCUT2D eigenvalue weighted by Gasteiger charge is -2.15. The topological polar surface area (TPSA) is 117 Å². The van der Waals surface area contributed by atoms with Crippen molar-refractivity contribution >= 4 is 21.8 Å². The van der Waals surface area contributed by atoms with Crippen molar-refractivity contribution in [2.45, 2.75) is 26.5 Å². The molecule has 0 saturated heterocycles. The van der Waals surface area contributed by atoms with Crippen LogP contribution in [-0.2, 0) is 24.4 Å². The Morgan fingerprint density at radius 1 is 1.25 bits per heavy atom. The number of aromatic nitrogens is 3. The fraction of sp³-hybridized carbons (Fsp3) is 0.238. The lowest BCUT2D eigenvalue weighted by Crippen LogP contribution is -2.26. The molecule has 0 saturated carbocycles. The van der Waals surface area contributed by atoms with E-state index >= 15 is 0 Å². The van der Waals surface area contributed by atoms with Crippen LogP contribution in [-0.4, -0.2) is 32.6 Å². The molecule has 0 atom stereocenters. The molecule has 168 valence electrons. The zero-order chi connectivity index (χ0) is 23.3. The predicted octanol–water partition coefficient (Wildman–Crippen LogP) is 2.29. The maximum atomic E-state index is 14.0. The standard InChI is InChI=1S/C21H19BrF2N4O4/c1-11-16(5-14-6-26-15(7-25-14)8-27-18(30)9-29)20(19(22)21(31)28-11)32-10-12-2-3-13(23)4-17(12)24/h2-4,6-7,29H,5,8-10H2,1H3,(H,27,30)(H,28,31). The molecule has 1 aromatic carbocycles. The van der Waals surface area contributed by atoms with E-state index in [2.05, 4.69) is 36.2 Å². The van der Waals surface area contributed by atoms with Crippen molar-refractivity contribution in [3.8, 4) is 5.75 Å². The highest BCUT2D eigenvalue weighted by molar-refractivity contribution is 9.10. The van der Waals surface area contributed by atoms with E-state index in [9.17, 15) is 18.4 Å². The fourth-order valence-electron chi connectivity index (χ4n) is 2.85. The van der Waals surface area contributed by atoms with Gasteiger partial charge in [-0.3, -0.25) is 19.6 Å². The van der Waals surface area contributed by atoms with Gasteiger partial charge in [0.25, 0.3) is 5.56 Å². The number of rotatable bonds is 8. The number of carbonyl (C=O) groups is 1. The van der Waals surface area contributed by atoms with Gasteiger partial charge in [0.15, 0.2) is 0 Å². The van der Waals surface area contributed by atoms with E-state index in [0.717, 1.165) is 12.1 Å². The summed E-state index contributed by atoms with van der Waals surface area (Å²) in [4.78, 5) is 34.6. The number of aryl methyl sites for hydroxylation is 1. The Balaban J connectivity index is 1.82. The summed E-state index contributed by atoms with van der Waals surface area (Å²) < 4.78 is 33.0. The zero-order valence-electron chi connectivity index (χ0n) is 16.9. The number of hydrogen-bond donors (Lipinski definition) is 3. The van der Waals surface area contributed by atoms with Crippen molar-refractivity contribution in [1.29, 1.82) is 0 Å². The van der Waals surface area contributed by atoms with Crippen molar-refractivity contribution in [3.05, 3.63) is 85.3 Å². The first-order chi connectivity index (χ1) is 15.3. The minimum Gasteiger partial charge on any atom is -0.487 e. The maximum Gasteiger partial charge on any atom is 0.266 e. The first kappa shape index (κ1) is 23.5. The van der Waals surface area contributed by atoms with E-state index in [4.69, 9.17) is 9.84 Å². The van der Waals surface area contributed by atoms with Crippen LogP contribution in [0, 0.1) is 18.6 Å². The molecule has 3 aromatic rings. The molecular weight excluding hydrogens is 490 g/mol. The summed E-state index contributed by atoms with van der Waals surface area (Å²) in [5, 5.41) is 11.2. The molecule has 0 aliphatic rings. The number of nitrogens with one attached hydrogen (secondary N) is 2. The molecule has 0 aliphatic heterocycles. The number of aliphatic hydroxyl groups excluding tert-OH is 1. The third kappa shape index (κ3) is 5.74. The molecule has 11 heteroatoms. The van der Waals surface area contributed by atoms with Crippen molar-refractivity contribution in [1.82, 2.24) is 20.3 Å². The molecular formula is C21H19BrF2N4O4. The van der Waals surface area contributed by atoms with Crippen LogP contribution in [0.4, 0.5) is 8.78 Å². The van der Waals surface area contributed by atoms with Gasteiger partial charge in [-0.1, -0.05) is 0 Å². The number of aromatic amines is 1. The molecule has 2 heterocycles. The molecule has 0 bridgehead atoms. The maximum absolute atomic E-state index is 14.0. The Bertz CT molecular complexity index is 1190. The van der Waals surface area contributed by atoms with Crippen molar-refractivity contribution in [3.63, 3.8) is 0 Å².